The fraction of sp³-hybridized carbons (Fsp3) is 0.263. The van der Waals surface area contributed by atoms with Gasteiger partial charge in [0.25, 0.3) is 11.6 Å². The topological polar surface area (TPSA) is 111 Å². The minimum Gasteiger partial charge on any atom is -0.497 e. The van der Waals surface area contributed by atoms with E-state index in [2.05, 4.69) is 10.6 Å². The molecule has 2 amide bonds. The van der Waals surface area contributed by atoms with Crippen LogP contribution in [0.3, 0.4) is 0 Å². The minimum atomic E-state index is -0.777. The van der Waals surface area contributed by atoms with Crippen molar-refractivity contribution in [1.29, 1.82) is 0 Å². The van der Waals surface area contributed by atoms with Gasteiger partial charge >= 0.3 is 0 Å². The third kappa shape index (κ3) is 5.98. The van der Waals surface area contributed by atoms with Crippen LogP contribution in [0.5, 0.6) is 5.75 Å². The molecule has 0 aliphatic rings. The number of nitro benzene ring substituents is 1. The lowest BCUT2D eigenvalue weighted by Gasteiger charge is -2.18. The van der Waals surface area contributed by atoms with Gasteiger partial charge in [-0.3, -0.25) is 19.7 Å². The monoisotopic (exact) mass is 403 g/mol. The number of non-ortho nitro benzene ring substituents is 1. The van der Waals surface area contributed by atoms with Gasteiger partial charge in [-0.05, 0) is 48.8 Å². The van der Waals surface area contributed by atoms with Crippen molar-refractivity contribution in [3.63, 3.8) is 0 Å². The number of hydrogen-bond donors (Lipinski definition) is 2. The highest BCUT2D eigenvalue weighted by atomic mass is 32.2. The molecule has 0 aliphatic heterocycles. The zero-order chi connectivity index (χ0) is 20.5. The SMILES string of the molecule is COc1ccc(C(=O)N[C@@H](CCSC)C(=O)Nc2cccc([N+](=O)[O-])c2)cc1. The summed E-state index contributed by atoms with van der Waals surface area (Å²) in [5.41, 5.74) is 0.575. The van der Waals surface area contributed by atoms with E-state index in [1.807, 2.05) is 6.26 Å². The second kappa shape index (κ2) is 10.3. The summed E-state index contributed by atoms with van der Waals surface area (Å²) in [7, 11) is 1.53. The van der Waals surface area contributed by atoms with Gasteiger partial charge in [-0.25, -0.2) is 0 Å². The molecular weight excluding hydrogens is 382 g/mol. The largest absolute Gasteiger partial charge is 0.497 e. The average molecular weight is 403 g/mol. The number of hydrogen-bond acceptors (Lipinski definition) is 6. The summed E-state index contributed by atoms with van der Waals surface area (Å²) in [6.07, 6.45) is 2.32. The highest BCUT2D eigenvalue weighted by Gasteiger charge is 2.22. The van der Waals surface area contributed by atoms with E-state index in [1.54, 1.807) is 42.1 Å². The predicted molar refractivity (Wildman–Crippen MR) is 109 cm³/mol. The molecule has 0 unspecified atom stereocenters. The van der Waals surface area contributed by atoms with Crippen molar-refractivity contribution in [2.75, 3.05) is 24.4 Å². The van der Waals surface area contributed by atoms with E-state index in [9.17, 15) is 19.7 Å². The molecule has 2 N–H and O–H groups in total. The number of rotatable bonds is 9. The summed E-state index contributed by atoms with van der Waals surface area (Å²) >= 11 is 1.55. The fourth-order valence-electron chi connectivity index (χ4n) is 2.42. The molecule has 0 spiro atoms. The van der Waals surface area contributed by atoms with Crippen LogP contribution in [-0.2, 0) is 4.79 Å². The fourth-order valence-corrected chi connectivity index (χ4v) is 2.89. The molecule has 2 aromatic carbocycles. The van der Waals surface area contributed by atoms with Gasteiger partial charge in [0, 0.05) is 23.4 Å². The second-order valence-electron chi connectivity index (χ2n) is 5.83. The number of nitro groups is 1. The first-order valence-electron chi connectivity index (χ1n) is 8.43. The van der Waals surface area contributed by atoms with Gasteiger partial charge in [-0.2, -0.15) is 11.8 Å². The van der Waals surface area contributed by atoms with E-state index < -0.39 is 16.9 Å². The number of thioether (sulfide) groups is 1. The van der Waals surface area contributed by atoms with Gasteiger partial charge in [0.2, 0.25) is 5.91 Å². The maximum Gasteiger partial charge on any atom is 0.271 e. The summed E-state index contributed by atoms with van der Waals surface area (Å²) in [6, 6.07) is 11.4. The molecule has 0 saturated heterocycles. The summed E-state index contributed by atoms with van der Waals surface area (Å²) in [4.78, 5) is 35.5. The Balaban J connectivity index is 2.10. The van der Waals surface area contributed by atoms with Crippen LogP contribution in [0.25, 0.3) is 0 Å². The van der Waals surface area contributed by atoms with Crippen LogP contribution < -0.4 is 15.4 Å². The first-order valence-corrected chi connectivity index (χ1v) is 9.83. The quantitative estimate of drug-likeness (QED) is 0.492. The molecule has 0 heterocycles. The van der Waals surface area contributed by atoms with Crippen LogP contribution in [0.4, 0.5) is 11.4 Å². The van der Waals surface area contributed by atoms with Gasteiger partial charge < -0.3 is 15.4 Å². The summed E-state index contributed by atoms with van der Waals surface area (Å²) in [5.74, 6) is 0.467. The molecule has 2 rings (SSSR count). The van der Waals surface area contributed by atoms with Gasteiger partial charge in [0.05, 0.1) is 12.0 Å². The molecule has 28 heavy (non-hydrogen) atoms. The third-order valence-electron chi connectivity index (χ3n) is 3.91. The Kier molecular flexibility index (Phi) is 7.82. The van der Waals surface area contributed by atoms with Crippen LogP contribution in [0.1, 0.15) is 16.8 Å². The number of carbonyl (C=O) groups excluding carboxylic acids is 2. The van der Waals surface area contributed by atoms with E-state index in [1.165, 1.54) is 25.3 Å². The van der Waals surface area contributed by atoms with Gasteiger partial charge in [0.1, 0.15) is 11.8 Å². The Morgan fingerprint density at radius 1 is 1.21 bits per heavy atom. The molecule has 0 bridgehead atoms. The van der Waals surface area contributed by atoms with Gasteiger partial charge in [0.15, 0.2) is 0 Å². The number of anilines is 1. The smallest absolute Gasteiger partial charge is 0.271 e. The zero-order valence-electron chi connectivity index (χ0n) is 15.5. The van der Waals surface area contributed by atoms with Gasteiger partial charge in [-0.15, -0.1) is 0 Å². The lowest BCUT2D eigenvalue weighted by Crippen LogP contribution is -2.44. The van der Waals surface area contributed by atoms with E-state index >= 15 is 0 Å². The average Bonchev–Trinajstić information content (AvgIpc) is 2.71. The van der Waals surface area contributed by atoms with E-state index in [4.69, 9.17) is 4.74 Å². The first-order chi connectivity index (χ1) is 13.4. The molecule has 9 heteroatoms. The maximum absolute atomic E-state index is 12.6. The number of carbonyl (C=O) groups is 2. The van der Waals surface area contributed by atoms with Crippen LogP contribution in [0, 0.1) is 10.1 Å². The van der Waals surface area contributed by atoms with Crippen LogP contribution in [0.15, 0.2) is 48.5 Å². The molecule has 0 saturated carbocycles. The number of ether oxygens (including phenoxy) is 1. The third-order valence-corrected chi connectivity index (χ3v) is 4.55. The minimum absolute atomic E-state index is 0.124. The van der Waals surface area contributed by atoms with Crippen molar-refractivity contribution in [2.24, 2.45) is 0 Å². The highest BCUT2D eigenvalue weighted by molar-refractivity contribution is 7.98. The number of benzene rings is 2. The first kappa shape index (κ1) is 21.2. The second-order valence-corrected chi connectivity index (χ2v) is 6.82. The Labute approximate surface area is 166 Å². The van der Waals surface area contributed by atoms with Gasteiger partial charge in [-0.1, -0.05) is 6.07 Å². The number of nitrogens with zero attached hydrogens (tertiary/aromatic N) is 1. The van der Waals surface area contributed by atoms with E-state index in [-0.39, 0.29) is 11.6 Å². The summed E-state index contributed by atoms with van der Waals surface area (Å²) < 4.78 is 5.07. The highest BCUT2D eigenvalue weighted by Crippen LogP contribution is 2.18. The Morgan fingerprint density at radius 3 is 2.54 bits per heavy atom. The molecule has 0 fully saturated rings. The van der Waals surface area contributed by atoms with Crippen molar-refractivity contribution in [2.45, 2.75) is 12.5 Å². The van der Waals surface area contributed by atoms with Crippen LogP contribution in [-0.4, -0.2) is 41.9 Å². The Morgan fingerprint density at radius 2 is 1.93 bits per heavy atom. The molecule has 0 aliphatic carbocycles. The molecule has 2 aromatic rings. The zero-order valence-corrected chi connectivity index (χ0v) is 16.3. The Bertz CT molecular complexity index is 842. The normalized spacial score (nSPS) is 11.4. The van der Waals surface area contributed by atoms with Crippen molar-refractivity contribution in [3.8, 4) is 5.75 Å². The summed E-state index contributed by atoms with van der Waals surface area (Å²) in [5, 5.41) is 16.2. The van der Waals surface area contributed by atoms with Crippen LogP contribution in [0.2, 0.25) is 0 Å². The number of amides is 2. The molecular formula is C19H21N3O5S. The molecule has 0 aromatic heterocycles. The standard InChI is InChI=1S/C19H21N3O5S/c1-27-16-8-6-13(7-9-16)18(23)21-17(10-11-28-2)19(24)20-14-4-3-5-15(12-14)22(25)26/h3-9,12,17H,10-11H2,1-2H3,(H,20,24)(H,21,23)/t17-/m0/s1. The lowest BCUT2D eigenvalue weighted by molar-refractivity contribution is -0.384. The number of methoxy groups -OCH3 is 1. The molecule has 1 atom stereocenters. The van der Waals surface area contributed by atoms with Crippen LogP contribution >= 0.6 is 11.8 Å². The van der Waals surface area contributed by atoms with Crippen molar-refractivity contribution in [3.05, 3.63) is 64.2 Å². The van der Waals surface area contributed by atoms with Crippen molar-refractivity contribution in [1.82, 2.24) is 5.32 Å². The van der Waals surface area contributed by atoms with E-state index in [0.29, 0.717) is 29.2 Å². The molecule has 0 radical (unpaired) electrons. The Hall–Kier alpha value is -3.07. The lowest BCUT2D eigenvalue weighted by atomic mass is 10.1. The summed E-state index contributed by atoms with van der Waals surface area (Å²) in [6.45, 7) is 0. The van der Waals surface area contributed by atoms with Crippen molar-refractivity contribution >= 4 is 35.0 Å². The van der Waals surface area contributed by atoms with E-state index in [0.717, 1.165) is 0 Å². The maximum atomic E-state index is 12.6. The molecule has 8 nitrogen and oxygen atoms in total. The number of nitrogens with one attached hydrogen (secondary N) is 2. The molecule has 148 valence electrons. The predicted octanol–water partition coefficient (Wildman–Crippen LogP) is 3.09. The van der Waals surface area contributed by atoms with Crippen molar-refractivity contribution < 1.29 is 19.2 Å².